The molecule has 1 atom stereocenters. The van der Waals surface area contributed by atoms with Gasteiger partial charge in [0, 0.05) is 24.4 Å². The lowest BCUT2D eigenvalue weighted by molar-refractivity contribution is -0.137. The Morgan fingerprint density at radius 2 is 1.85 bits per heavy atom. The fourth-order valence-corrected chi connectivity index (χ4v) is 2.05. The Bertz CT molecular complexity index is 553. The summed E-state index contributed by atoms with van der Waals surface area (Å²) in [6.07, 6.45) is -2.72. The molecule has 0 amide bonds. The van der Waals surface area contributed by atoms with Crippen LogP contribution in [-0.4, -0.2) is 12.0 Å². The summed E-state index contributed by atoms with van der Waals surface area (Å²) < 4.78 is 38.0. The van der Waals surface area contributed by atoms with Gasteiger partial charge in [0.15, 0.2) is 0 Å². The Labute approximate surface area is 115 Å². The van der Waals surface area contributed by atoms with Crippen LogP contribution in [0.25, 0.3) is 0 Å². The second-order valence-corrected chi connectivity index (χ2v) is 4.49. The zero-order chi connectivity index (χ0) is 14.6. The van der Waals surface area contributed by atoms with Gasteiger partial charge < -0.3 is 5.32 Å². The van der Waals surface area contributed by atoms with Gasteiger partial charge in [-0.2, -0.15) is 13.2 Å². The molecule has 1 heterocycles. The zero-order valence-corrected chi connectivity index (χ0v) is 11.0. The number of hydrogen-bond acceptors (Lipinski definition) is 2. The third-order valence-electron chi connectivity index (χ3n) is 3.11. The van der Waals surface area contributed by atoms with Crippen LogP contribution in [0.15, 0.2) is 48.7 Å². The van der Waals surface area contributed by atoms with Crippen molar-refractivity contribution in [2.75, 3.05) is 7.05 Å². The van der Waals surface area contributed by atoms with Crippen molar-refractivity contribution in [1.82, 2.24) is 10.3 Å². The van der Waals surface area contributed by atoms with Gasteiger partial charge in [-0.25, -0.2) is 0 Å². The molecule has 0 aliphatic heterocycles. The minimum absolute atomic E-state index is 0.0628. The first-order valence-corrected chi connectivity index (χ1v) is 6.25. The quantitative estimate of drug-likeness (QED) is 0.925. The topological polar surface area (TPSA) is 24.9 Å². The normalized spacial score (nSPS) is 13.2. The van der Waals surface area contributed by atoms with Crippen LogP contribution >= 0.6 is 0 Å². The Balaban J connectivity index is 2.20. The van der Waals surface area contributed by atoms with Crippen molar-refractivity contribution >= 4 is 0 Å². The number of hydrogen-bond donors (Lipinski definition) is 1. The van der Waals surface area contributed by atoms with E-state index in [0.29, 0.717) is 12.1 Å². The van der Waals surface area contributed by atoms with Gasteiger partial charge >= 0.3 is 6.18 Å². The van der Waals surface area contributed by atoms with Crippen molar-refractivity contribution in [3.05, 3.63) is 65.5 Å². The fraction of sp³-hybridized carbons (Fsp3) is 0.267. The maximum absolute atomic E-state index is 12.7. The standard InChI is InChI=1S/C15H15F3N2/c1-19-14(11-5-3-2-4-6-11)10-13-9-12(7-8-20-13)15(16,17)18/h2-9,14,19H,10H2,1H3. The van der Waals surface area contributed by atoms with E-state index in [1.165, 1.54) is 6.20 Å². The molecule has 0 radical (unpaired) electrons. The molecule has 1 aromatic carbocycles. The monoisotopic (exact) mass is 280 g/mol. The number of halogens is 3. The molecule has 5 heteroatoms. The maximum Gasteiger partial charge on any atom is 0.416 e. The molecule has 20 heavy (non-hydrogen) atoms. The fourth-order valence-electron chi connectivity index (χ4n) is 2.05. The Kier molecular flexibility index (Phi) is 4.39. The summed E-state index contributed by atoms with van der Waals surface area (Å²) in [5.74, 6) is 0. The molecular formula is C15H15F3N2. The Hall–Kier alpha value is -1.88. The maximum atomic E-state index is 12.7. The second kappa shape index (κ2) is 6.05. The van der Waals surface area contributed by atoms with Gasteiger partial charge in [0.25, 0.3) is 0 Å². The van der Waals surface area contributed by atoms with Gasteiger partial charge in [0.05, 0.1) is 5.56 Å². The van der Waals surface area contributed by atoms with Crippen LogP contribution < -0.4 is 5.32 Å². The predicted octanol–water partition coefficient (Wildman–Crippen LogP) is 3.60. The lowest BCUT2D eigenvalue weighted by Crippen LogP contribution is -2.19. The molecule has 1 unspecified atom stereocenters. The van der Waals surface area contributed by atoms with E-state index in [2.05, 4.69) is 10.3 Å². The molecule has 0 aliphatic rings. The van der Waals surface area contributed by atoms with Crippen molar-refractivity contribution in [1.29, 1.82) is 0 Å². The van der Waals surface area contributed by atoms with Gasteiger partial charge in [-0.15, -0.1) is 0 Å². The molecule has 2 aromatic rings. The van der Waals surface area contributed by atoms with Crippen LogP contribution in [0.4, 0.5) is 13.2 Å². The van der Waals surface area contributed by atoms with Gasteiger partial charge in [0.2, 0.25) is 0 Å². The lowest BCUT2D eigenvalue weighted by Gasteiger charge is -2.17. The third kappa shape index (κ3) is 3.57. The SMILES string of the molecule is CNC(Cc1cc(C(F)(F)F)ccn1)c1ccccc1. The Morgan fingerprint density at radius 3 is 2.45 bits per heavy atom. The Morgan fingerprint density at radius 1 is 1.15 bits per heavy atom. The number of likely N-dealkylation sites (N-methyl/N-ethyl adjacent to an activating group) is 1. The first-order valence-electron chi connectivity index (χ1n) is 6.25. The average Bonchev–Trinajstić information content (AvgIpc) is 2.45. The van der Waals surface area contributed by atoms with E-state index in [4.69, 9.17) is 0 Å². The largest absolute Gasteiger partial charge is 0.416 e. The van der Waals surface area contributed by atoms with E-state index in [1.807, 2.05) is 30.3 Å². The number of alkyl halides is 3. The van der Waals surface area contributed by atoms with Crippen molar-refractivity contribution in [2.24, 2.45) is 0 Å². The van der Waals surface area contributed by atoms with Crippen molar-refractivity contribution in [2.45, 2.75) is 18.6 Å². The summed E-state index contributed by atoms with van der Waals surface area (Å²) in [6, 6.07) is 11.6. The summed E-state index contributed by atoms with van der Waals surface area (Å²) in [5.41, 5.74) is 0.780. The predicted molar refractivity (Wildman–Crippen MR) is 71.2 cm³/mol. The number of aromatic nitrogens is 1. The van der Waals surface area contributed by atoms with Crippen molar-refractivity contribution in [3.63, 3.8) is 0 Å². The number of pyridine rings is 1. The molecule has 0 saturated carbocycles. The van der Waals surface area contributed by atoms with Gasteiger partial charge in [0.1, 0.15) is 0 Å². The number of nitrogens with one attached hydrogen (secondary N) is 1. The van der Waals surface area contributed by atoms with Crippen LogP contribution in [0.3, 0.4) is 0 Å². The van der Waals surface area contributed by atoms with Gasteiger partial charge in [-0.05, 0) is 24.7 Å². The van der Waals surface area contributed by atoms with E-state index >= 15 is 0 Å². The summed E-state index contributed by atoms with van der Waals surface area (Å²) in [5, 5.41) is 3.10. The molecule has 0 bridgehead atoms. The highest BCUT2D eigenvalue weighted by Crippen LogP contribution is 2.29. The molecule has 106 valence electrons. The first kappa shape index (κ1) is 14.5. The molecule has 0 fully saturated rings. The van der Waals surface area contributed by atoms with Gasteiger partial charge in [-0.3, -0.25) is 4.98 Å². The average molecular weight is 280 g/mol. The molecular weight excluding hydrogens is 265 g/mol. The van der Waals surface area contributed by atoms with Crippen molar-refractivity contribution in [3.8, 4) is 0 Å². The summed E-state index contributed by atoms with van der Waals surface area (Å²) in [4.78, 5) is 4.03. The molecule has 2 nitrogen and oxygen atoms in total. The number of benzene rings is 1. The highest BCUT2D eigenvalue weighted by atomic mass is 19.4. The van der Waals surface area contributed by atoms with E-state index in [-0.39, 0.29) is 6.04 Å². The third-order valence-corrected chi connectivity index (χ3v) is 3.11. The number of nitrogens with zero attached hydrogens (tertiary/aromatic N) is 1. The molecule has 0 saturated heterocycles. The highest BCUT2D eigenvalue weighted by molar-refractivity contribution is 5.24. The first-order chi connectivity index (χ1) is 9.50. The number of rotatable bonds is 4. The summed E-state index contributed by atoms with van der Waals surface area (Å²) in [7, 11) is 1.78. The molecule has 0 spiro atoms. The van der Waals surface area contributed by atoms with Crippen molar-refractivity contribution < 1.29 is 13.2 Å². The molecule has 2 rings (SSSR count). The second-order valence-electron chi connectivity index (χ2n) is 4.49. The molecule has 1 aromatic heterocycles. The van der Waals surface area contributed by atoms with E-state index in [0.717, 1.165) is 17.7 Å². The van der Waals surface area contributed by atoms with Crippen LogP contribution in [0.5, 0.6) is 0 Å². The highest BCUT2D eigenvalue weighted by Gasteiger charge is 2.30. The van der Waals surface area contributed by atoms with E-state index in [1.54, 1.807) is 7.05 Å². The van der Waals surface area contributed by atoms with Crippen LogP contribution in [-0.2, 0) is 12.6 Å². The summed E-state index contributed by atoms with van der Waals surface area (Å²) in [6.45, 7) is 0. The molecule has 1 N–H and O–H groups in total. The van der Waals surface area contributed by atoms with Crippen LogP contribution in [0, 0.1) is 0 Å². The minimum Gasteiger partial charge on any atom is -0.313 e. The van der Waals surface area contributed by atoms with Crippen LogP contribution in [0.2, 0.25) is 0 Å². The minimum atomic E-state index is -4.33. The smallest absolute Gasteiger partial charge is 0.313 e. The lowest BCUT2D eigenvalue weighted by atomic mass is 10.0. The summed E-state index contributed by atoms with van der Waals surface area (Å²) >= 11 is 0. The van der Waals surface area contributed by atoms with E-state index in [9.17, 15) is 13.2 Å². The molecule has 0 aliphatic carbocycles. The zero-order valence-electron chi connectivity index (χ0n) is 11.0. The van der Waals surface area contributed by atoms with E-state index < -0.39 is 11.7 Å². The van der Waals surface area contributed by atoms with Crippen LogP contribution in [0.1, 0.15) is 22.9 Å². The van der Waals surface area contributed by atoms with Gasteiger partial charge in [-0.1, -0.05) is 30.3 Å².